The first kappa shape index (κ1) is 14.6. The second-order valence-corrected chi connectivity index (χ2v) is 5.77. The average Bonchev–Trinajstić information content (AvgIpc) is 2.84. The van der Waals surface area contributed by atoms with Crippen LogP contribution in [0.15, 0.2) is 30.7 Å². The minimum absolute atomic E-state index is 0.228. The van der Waals surface area contributed by atoms with Gasteiger partial charge in [0.2, 0.25) is 0 Å². The molecule has 1 aliphatic carbocycles. The van der Waals surface area contributed by atoms with Crippen LogP contribution in [0.5, 0.6) is 0 Å². The smallest absolute Gasteiger partial charge is 0.308 e. The van der Waals surface area contributed by atoms with Gasteiger partial charge in [-0.25, -0.2) is 4.98 Å². The SMILES string of the molecule is O=C(N[C@H]1CCCCC[C@H]1C(=O)O)c1ccc2nccn2c1. The van der Waals surface area contributed by atoms with E-state index in [0.717, 1.165) is 31.3 Å². The topological polar surface area (TPSA) is 83.7 Å². The molecule has 116 valence electrons. The molecule has 2 N–H and O–H groups in total. The Balaban J connectivity index is 1.77. The number of hydrogen-bond acceptors (Lipinski definition) is 3. The average molecular weight is 301 g/mol. The van der Waals surface area contributed by atoms with E-state index in [1.54, 1.807) is 35.1 Å². The number of amides is 1. The third-order valence-corrected chi connectivity index (χ3v) is 4.30. The Bertz CT molecular complexity index is 695. The summed E-state index contributed by atoms with van der Waals surface area (Å²) in [5.41, 5.74) is 1.29. The summed E-state index contributed by atoms with van der Waals surface area (Å²) in [7, 11) is 0. The monoisotopic (exact) mass is 301 g/mol. The Morgan fingerprint density at radius 3 is 2.86 bits per heavy atom. The van der Waals surface area contributed by atoms with Gasteiger partial charge in [0.05, 0.1) is 11.5 Å². The number of nitrogens with one attached hydrogen (secondary N) is 1. The lowest BCUT2D eigenvalue weighted by Crippen LogP contribution is -2.42. The summed E-state index contributed by atoms with van der Waals surface area (Å²) >= 11 is 0. The van der Waals surface area contributed by atoms with Crippen LogP contribution in [0.4, 0.5) is 0 Å². The molecule has 3 rings (SSSR count). The van der Waals surface area contributed by atoms with Gasteiger partial charge in [0.15, 0.2) is 0 Å². The molecule has 1 fully saturated rings. The van der Waals surface area contributed by atoms with Gasteiger partial charge in [0, 0.05) is 24.6 Å². The summed E-state index contributed by atoms with van der Waals surface area (Å²) in [6.07, 6.45) is 9.39. The predicted molar refractivity (Wildman–Crippen MR) is 80.7 cm³/mol. The van der Waals surface area contributed by atoms with Crippen molar-refractivity contribution in [2.24, 2.45) is 5.92 Å². The second-order valence-electron chi connectivity index (χ2n) is 5.77. The number of pyridine rings is 1. The van der Waals surface area contributed by atoms with Gasteiger partial charge in [-0.05, 0) is 25.0 Å². The molecule has 1 amide bonds. The maximum Gasteiger partial charge on any atom is 0.308 e. The van der Waals surface area contributed by atoms with Crippen LogP contribution in [0.3, 0.4) is 0 Å². The number of aliphatic carboxylic acids is 1. The number of fused-ring (bicyclic) bond motifs is 1. The summed E-state index contributed by atoms with van der Waals surface area (Å²) in [4.78, 5) is 28.0. The Labute approximate surface area is 128 Å². The maximum absolute atomic E-state index is 12.4. The number of carboxylic acid groups (broad SMARTS) is 1. The third kappa shape index (κ3) is 2.95. The molecule has 2 heterocycles. The quantitative estimate of drug-likeness (QED) is 0.850. The van der Waals surface area contributed by atoms with Gasteiger partial charge < -0.3 is 14.8 Å². The van der Waals surface area contributed by atoms with Crippen LogP contribution in [-0.2, 0) is 4.79 Å². The van der Waals surface area contributed by atoms with E-state index in [2.05, 4.69) is 10.3 Å². The predicted octanol–water partition coefficient (Wildman–Crippen LogP) is 2.10. The fourth-order valence-corrected chi connectivity index (χ4v) is 3.08. The number of carbonyl (C=O) groups excluding carboxylic acids is 1. The van der Waals surface area contributed by atoms with E-state index in [1.807, 2.05) is 0 Å². The normalized spacial score (nSPS) is 22.2. The fourth-order valence-electron chi connectivity index (χ4n) is 3.08. The number of nitrogens with zero attached hydrogens (tertiary/aromatic N) is 2. The standard InChI is InChI=1S/C16H19N3O3/c20-15(11-6-7-14-17-8-9-19(14)10-11)18-13-5-3-1-2-4-12(13)16(21)22/h6-10,12-13H,1-5H2,(H,18,20)(H,21,22)/t12-,13+/m1/s1. The minimum Gasteiger partial charge on any atom is -0.481 e. The Morgan fingerprint density at radius 1 is 1.23 bits per heavy atom. The van der Waals surface area contributed by atoms with Gasteiger partial charge >= 0.3 is 5.97 Å². The molecule has 2 atom stereocenters. The molecular formula is C16H19N3O3. The van der Waals surface area contributed by atoms with Crippen molar-refractivity contribution in [2.45, 2.75) is 38.1 Å². The number of rotatable bonds is 3. The zero-order valence-corrected chi connectivity index (χ0v) is 12.2. The molecule has 0 saturated heterocycles. The number of imidazole rings is 1. The van der Waals surface area contributed by atoms with Crippen LogP contribution >= 0.6 is 0 Å². The minimum atomic E-state index is -0.822. The van der Waals surface area contributed by atoms with Gasteiger partial charge in [-0.3, -0.25) is 9.59 Å². The zero-order valence-electron chi connectivity index (χ0n) is 12.2. The molecule has 0 unspecified atom stereocenters. The first-order valence-corrected chi connectivity index (χ1v) is 7.61. The lowest BCUT2D eigenvalue weighted by molar-refractivity contribution is -0.142. The molecule has 6 heteroatoms. The fraction of sp³-hybridized carbons (Fsp3) is 0.438. The van der Waals surface area contributed by atoms with Gasteiger partial charge in [0.1, 0.15) is 5.65 Å². The molecule has 1 aliphatic rings. The third-order valence-electron chi connectivity index (χ3n) is 4.30. The van der Waals surface area contributed by atoms with E-state index >= 15 is 0 Å². The van der Waals surface area contributed by atoms with E-state index in [0.29, 0.717) is 12.0 Å². The Hall–Kier alpha value is -2.37. The van der Waals surface area contributed by atoms with Crippen LogP contribution in [0, 0.1) is 5.92 Å². The molecule has 1 saturated carbocycles. The highest BCUT2D eigenvalue weighted by Crippen LogP contribution is 2.24. The maximum atomic E-state index is 12.4. The molecular weight excluding hydrogens is 282 g/mol. The highest BCUT2D eigenvalue weighted by molar-refractivity contribution is 5.94. The summed E-state index contributed by atoms with van der Waals surface area (Å²) < 4.78 is 1.77. The molecule has 2 aromatic heterocycles. The van der Waals surface area contributed by atoms with Gasteiger partial charge in [0.25, 0.3) is 5.91 Å². The van der Waals surface area contributed by atoms with E-state index in [-0.39, 0.29) is 11.9 Å². The number of hydrogen-bond donors (Lipinski definition) is 2. The number of aromatic nitrogens is 2. The van der Waals surface area contributed by atoms with E-state index in [9.17, 15) is 14.7 Å². The van der Waals surface area contributed by atoms with Gasteiger partial charge in [-0.1, -0.05) is 19.3 Å². The lowest BCUT2D eigenvalue weighted by atomic mass is 9.94. The molecule has 0 bridgehead atoms. The van der Waals surface area contributed by atoms with Crippen molar-refractivity contribution in [3.63, 3.8) is 0 Å². The molecule has 0 aliphatic heterocycles. The zero-order chi connectivity index (χ0) is 15.5. The highest BCUT2D eigenvalue weighted by Gasteiger charge is 2.30. The Morgan fingerprint density at radius 2 is 2.05 bits per heavy atom. The number of carbonyl (C=O) groups is 2. The van der Waals surface area contributed by atoms with Crippen molar-refractivity contribution in [3.8, 4) is 0 Å². The summed E-state index contributed by atoms with van der Waals surface area (Å²) in [6.45, 7) is 0. The van der Waals surface area contributed by atoms with Crippen molar-refractivity contribution < 1.29 is 14.7 Å². The molecule has 2 aromatic rings. The van der Waals surface area contributed by atoms with Crippen molar-refractivity contribution in [1.29, 1.82) is 0 Å². The molecule has 0 spiro atoms. The van der Waals surface area contributed by atoms with Gasteiger partial charge in [-0.15, -0.1) is 0 Å². The van der Waals surface area contributed by atoms with Crippen LogP contribution in [0.1, 0.15) is 42.5 Å². The highest BCUT2D eigenvalue weighted by atomic mass is 16.4. The molecule has 6 nitrogen and oxygen atoms in total. The van der Waals surface area contributed by atoms with Crippen molar-refractivity contribution in [1.82, 2.24) is 14.7 Å². The molecule has 0 radical (unpaired) electrons. The largest absolute Gasteiger partial charge is 0.481 e. The van der Waals surface area contributed by atoms with Crippen molar-refractivity contribution in [2.75, 3.05) is 0 Å². The summed E-state index contributed by atoms with van der Waals surface area (Å²) in [6, 6.07) is 3.19. The first-order valence-electron chi connectivity index (χ1n) is 7.61. The molecule has 0 aromatic carbocycles. The van der Waals surface area contributed by atoms with E-state index in [1.165, 1.54) is 0 Å². The van der Waals surface area contributed by atoms with Crippen LogP contribution in [-0.4, -0.2) is 32.4 Å². The first-order chi connectivity index (χ1) is 10.6. The Kier molecular flexibility index (Phi) is 4.09. The van der Waals surface area contributed by atoms with Gasteiger partial charge in [-0.2, -0.15) is 0 Å². The van der Waals surface area contributed by atoms with E-state index in [4.69, 9.17) is 0 Å². The second kappa shape index (κ2) is 6.17. The van der Waals surface area contributed by atoms with E-state index < -0.39 is 11.9 Å². The number of carboxylic acids is 1. The van der Waals surface area contributed by atoms with Crippen LogP contribution < -0.4 is 5.32 Å². The summed E-state index contributed by atoms with van der Waals surface area (Å²) in [5.74, 6) is -1.55. The van der Waals surface area contributed by atoms with Crippen molar-refractivity contribution in [3.05, 3.63) is 36.3 Å². The van der Waals surface area contributed by atoms with Crippen LogP contribution in [0.25, 0.3) is 5.65 Å². The van der Waals surface area contributed by atoms with Crippen LogP contribution in [0.2, 0.25) is 0 Å². The molecule has 22 heavy (non-hydrogen) atoms. The lowest BCUT2D eigenvalue weighted by Gasteiger charge is -2.22. The summed E-state index contributed by atoms with van der Waals surface area (Å²) in [5, 5.41) is 12.3. The van der Waals surface area contributed by atoms with Crippen molar-refractivity contribution >= 4 is 17.5 Å².